The molecule has 0 aromatic heterocycles. The number of rotatable bonds is 4. The average Bonchev–Trinajstić information content (AvgIpc) is 2.40. The Morgan fingerprint density at radius 3 is 3.05 bits per heavy atom. The number of benzene rings is 1. The zero-order valence-electron chi connectivity index (χ0n) is 11.3. The van der Waals surface area contributed by atoms with Crippen LogP contribution in [0.4, 0.5) is 5.69 Å². The van der Waals surface area contributed by atoms with E-state index < -0.39 is 0 Å². The topological polar surface area (TPSA) is 24.5 Å². The van der Waals surface area contributed by atoms with Crippen LogP contribution in [-0.2, 0) is 4.74 Å². The molecule has 1 aliphatic heterocycles. The summed E-state index contributed by atoms with van der Waals surface area (Å²) in [6.07, 6.45) is 0.224. The number of nitrogens with one attached hydrogen (secondary N) is 1. The first kappa shape index (κ1) is 15.1. The molecule has 1 N–H and O–H groups in total. The summed E-state index contributed by atoms with van der Waals surface area (Å²) in [4.78, 5) is 2.45. The van der Waals surface area contributed by atoms with Gasteiger partial charge in [-0.1, -0.05) is 11.6 Å². The van der Waals surface area contributed by atoms with Crippen molar-refractivity contribution in [3.8, 4) is 0 Å². The molecule has 1 fully saturated rings. The van der Waals surface area contributed by atoms with Crippen LogP contribution in [0.15, 0.2) is 22.7 Å². The maximum atomic E-state index is 6.00. The van der Waals surface area contributed by atoms with E-state index >= 15 is 0 Å². The van der Waals surface area contributed by atoms with E-state index in [0.717, 1.165) is 41.4 Å². The van der Waals surface area contributed by atoms with Crippen molar-refractivity contribution in [1.29, 1.82) is 0 Å². The fraction of sp³-hybridized carbons (Fsp3) is 0.571. The van der Waals surface area contributed by atoms with Gasteiger partial charge in [0.15, 0.2) is 0 Å². The van der Waals surface area contributed by atoms with Crippen LogP contribution < -0.4 is 5.32 Å². The molecule has 1 unspecified atom stereocenters. The van der Waals surface area contributed by atoms with Gasteiger partial charge in [0.25, 0.3) is 0 Å². The standard InChI is InChI=1S/C14H20BrClN2O/c1-10(2)18-5-6-19-12(9-18)8-17-14-7-11(16)3-4-13(14)15/h3-4,7,10,12,17H,5-6,8-9H2,1-2H3. The van der Waals surface area contributed by atoms with Crippen LogP contribution in [0.1, 0.15) is 13.8 Å². The summed E-state index contributed by atoms with van der Waals surface area (Å²) in [5, 5.41) is 4.14. The smallest absolute Gasteiger partial charge is 0.0874 e. The summed E-state index contributed by atoms with van der Waals surface area (Å²) in [6, 6.07) is 6.32. The van der Waals surface area contributed by atoms with Crippen LogP contribution in [0.3, 0.4) is 0 Å². The molecule has 1 heterocycles. The van der Waals surface area contributed by atoms with Gasteiger partial charge in [0.2, 0.25) is 0 Å². The van der Waals surface area contributed by atoms with Crippen molar-refractivity contribution >= 4 is 33.2 Å². The van der Waals surface area contributed by atoms with Gasteiger partial charge in [-0.3, -0.25) is 4.90 Å². The molecule has 3 nitrogen and oxygen atoms in total. The first-order valence-electron chi connectivity index (χ1n) is 6.61. The minimum Gasteiger partial charge on any atom is -0.381 e. The largest absolute Gasteiger partial charge is 0.381 e. The molecule has 0 saturated carbocycles. The molecule has 106 valence electrons. The number of nitrogens with zero attached hydrogens (tertiary/aromatic N) is 1. The molecule has 1 atom stereocenters. The highest BCUT2D eigenvalue weighted by Gasteiger charge is 2.22. The Morgan fingerprint density at radius 1 is 1.53 bits per heavy atom. The summed E-state index contributed by atoms with van der Waals surface area (Å²) in [7, 11) is 0. The van der Waals surface area contributed by atoms with Crippen LogP contribution in [0, 0.1) is 0 Å². The first-order chi connectivity index (χ1) is 9.06. The third-order valence-electron chi connectivity index (χ3n) is 3.35. The zero-order chi connectivity index (χ0) is 13.8. The maximum Gasteiger partial charge on any atom is 0.0874 e. The molecule has 0 radical (unpaired) electrons. The Morgan fingerprint density at radius 2 is 2.32 bits per heavy atom. The molecule has 19 heavy (non-hydrogen) atoms. The van der Waals surface area contributed by atoms with Gasteiger partial charge in [0, 0.05) is 40.9 Å². The molecule has 1 aromatic rings. The Bertz CT molecular complexity index is 428. The summed E-state index contributed by atoms with van der Waals surface area (Å²) in [6.45, 7) is 8.05. The number of ether oxygens (including phenoxy) is 1. The number of hydrogen-bond donors (Lipinski definition) is 1. The van der Waals surface area contributed by atoms with Crippen LogP contribution in [0.25, 0.3) is 0 Å². The predicted octanol–water partition coefficient (Wildman–Crippen LogP) is 3.62. The van der Waals surface area contributed by atoms with Gasteiger partial charge >= 0.3 is 0 Å². The second kappa shape index (κ2) is 6.93. The molecular formula is C14H20BrClN2O. The molecule has 5 heteroatoms. The number of halogens is 2. The second-order valence-corrected chi connectivity index (χ2v) is 6.38. The fourth-order valence-corrected chi connectivity index (χ4v) is 2.75. The molecule has 1 saturated heterocycles. The third kappa shape index (κ3) is 4.35. The molecule has 0 bridgehead atoms. The van der Waals surface area contributed by atoms with Crippen LogP contribution in [0.2, 0.25) is 5.02 Å². The summed E-state index contributed by atoms with van der Waals surface area (Å²) < 4.78 is 6.82. The van der Waals surface area contributed by atoms with Crippen LogP contribution in [-0.4, -0.2) is 43.3 Å². The predicted molar refractivity (Wildman–Crippen MR) is 84.1 cm³/mol. The fourth-order valence-electron chi connectivity index (χ4n) is 2.19. The van der Waals surface area contributed by atoms with Crippen molar-refractivity contribution in [1.82, 2.24) is 4.90 Å². The normalized spacial score (nSPS) is 20.8. The van der Waals surface area contributed by atoms with E-state index in [1.54, 1.807) is 0 Å². The molecular weight excluding hydrogens is 328 g/mol. The molecule has 1 aromatic carbocycles. The Balaban J connectivity index is 1.89. The van der Waals surface area contributed by atoms with Gasteiger partial charge in [-0.15, -0.1) is 0 Å². The van der Waals surface area contributed by atoms with E-state index in [1.165, 1.54) is 0 Å². The summed E-state index contributed by atoms with van der Waals surface area (Å²) in [5.41, 5.74) is 1.01. The number of hydrogen-bond acceptors (Lipinski definition) is 3. The van der Waals surface area contributed by atoms with Crippen molar-refractivity contribution in [3.63, 3.8) is 0 Å². The summed E-state index contributed by atoms with van der Waals surface area (Å²) in [5.74, 6) is 0. The van der Waals surface area contributed by atoms with Crippen molar-refractivity contribution in [2.75, 3.05) is 31.6 Å². The molecule has 0 aliphatic carbocycles. The lowest BCUT2D eigenvalue weighted by Gasteiger charge is -2.35. The third-order valence-corrected chi connectivity index (χ3v) is 4.28. The van der Waals surface area contributed by atoms with E-state index in [-0.39, 0.29) is 6.10 Å². The van der Waals surface area contributed by atoms with Crippen molar-refractivity contribution in [2.24, 2.45) is 0 Å². The Kier molecular flexibility index (Phi) is 5.51. The van der Waals surface area contributed by atoms with E-state index in [4.69, 9.17) is 16.3 Å². The minimum atomic E-state index is 0.224. The van der Waals surface area contributed by atoms with Gasteiger partial charge in [-0.05, 0) is 48.0 Å². The highest BCUT2D eigenvalue weighted by molar-refractivity contribution is 9.10. The van der Waals surface area contributed by atoms with E-state index in [2.05, 4.69) is 40.0 Å². The number of anilines is 1. The quantitative estimate of drug-likeness (QED) is 0.900. The van der Waals surface area contributed by atoms with Crippen LogP contribution in [0.5, 0.6) is 0 Å². The molecule has 0 amide bonds. The highest BCUT2D eigenvalue weighted by atomic mass is 79.9. The Labute approximate surface area is 128 Å². The lowest BCUT2D eigenvalue weighted by molar-refractivity contribution is -0.0315. The van der Waals surface area contributed by atoms with Crippen molar-refractivity contribution in [3.05, 3.63) is 27.7 Å². The monoisotopic (exact) mass is 346 g/mol. The van der Waals surface area contributed by atoms with E-state index in [9.17, 15) is 0 Å². The number of morpholine rings is 1. The average molecular weight is 348 g/mol. The van der Waals surface area contributed by atoms with Gasteiger partial charge in [-0.25, -0.2) is 0 Å². The lowest BCUT2D eigenvalue weighted by atomic mass is 10.2. The second-order valence-electron chi connectivity index (χ2n) is 5.09. The first-order valence-corrected chi connectivity index (χ1v) is 7.78. The van der Waals surface area contributed by atoms with Gasteiger partial charge in [0.05, 0.1) is 12.7 Å². The van der Waals surface area contributed by atoms with E-state index in [1.807, 2.05) is 18.2 Å². The van der Waals surface area contributed by atoms with E-state index in [0.29, 0.717) is 6.04 Å². The van der Waals surface area contributed by atoms with Crippen molar-refractivity contribution in [2.45, 2.75) is 26.0 Å². The SMILES string of the molecule is CC(C)N1CCOC(CNc2cc(Cl)ccc2Br)C1. The zero-order valence-corrected chi connectivity index (χ0v) is 13.7. The molecule has 0 spiro atoms. The van der Waals surface area contributed by atoms with Crippen molar-refractivity contribution < 1.29 is 4.74 Å². The van der Waals surface area contributed by atoms with Gasteiger partial charge in [-0.2, -0.15) is 0 Å². The van der Waals surface area contributed by atoms with Gasteiger partial charge < -0.3 is 10.1 Å². The lowest BCUT2D eigenvalue weighted by Crippen LogP contribution is -2.48. The minimum absolute atomic E-state index is 0.224. The highest BCUT2D eigenvalue weighted by Crippen LogP contribution is 2.26. The molecule has 2 rings (SSSR count). The molecule has 1 aliphatic rings. The maximum absolute atomic E-state index is 6.00. The Hall–Kier alpha value is -0.290. The van der Waals surface area contributed by atoms with Crippen LogP contribution >= 0.6 is 27.5 Å². The van der Waals surface area contributed by atoms with Gasteiger partial charge in [0.1, 0.15) is 0 Å². The summed E-state index contributed by atoms with van der Waals surface area (Å²) >= 11 is 9.52.